The maximum atomic E-state index is 11.8. The van der Waals surface area contributed by atoms with Crippen molar-refractivity contribution in [2.75, 3.05) is 0 Å². The first kappa shape index (κ1) is 13.9. The van der Waals surface area contributed by atoms with Crippen molar-refractivity contribution in [1.29, 1.82) is 0 Å². The summed E-state index contributed by atoms with van der Waals surface area (Å²) >= 11 is 0. The van der Waals surface area contributed by atoms with E-state index in [2.05, 4.69) is 0 Å². The Balaban J connectivity index is 2.20. The van der Waals surface area contributed by atoms with Crippen molar-refractivity contribution in [3.05, 3.63) is 29.8 Å². The molecule has 0 aliphatic heterocycles. The molecule has 3 nitrogen and oxygen atoms in total. The minimum atomic E-state index is -0.683. The lowest BCUT2D eigenvalue weighted by Crippen LogP contribution is -2.34. The lowest BCUT2D eigenvalue weighted by Gasteiger charge is -2.31. The van der Waals surface area contributed by atoms with Gasteiger partial charge in [0.25, 0.3) is 0 Å². The van der Waals surface area contributed by atoms with Crippen LogP contribution in [0.5, 0.6) is 5.75 Å². The first-order valence-electron chi connectivity index (χ1n) is 7.14. The van der Waals surface area contributed by atoms with Crippen molar-refractivity contribution in [3.8, 4) is 5.75 Å². The summed E-state index contributed by atoms with van der Waals surface area (Å²) in [6.07, 6.45) is 7.49. The van der Waals surface area contributed by atoms with Crippen LogP contribution in [-0.4, -0.2) is 16.2 Å². The molecule has 0 amide bonds. The average molecular weight is 262 g/mol. The van der Waals surface area contributed by atoms with Crippen LogP contribution < -0.4 is 0 Å². The third kappa shape index (κ3) is 3.49. The Bertz CT molecular complexity index is 431. The second kappa shape index (κ2) is 6.09. The molecule has 3 heteroatoms. The molecule has 104 valence electrons. The molecule has 1 aromatic rings. The van der Waals surface area contributed by atoms with Crippen LogP contribution in [0.15, 0.2) is 24.3 Å². The van der Waals surface area contributed by atoms with Crippen LogP contribution in [-0.2, 0) is 11.2 Å². The summed E-state index contributed by atoms with van der Waals surface area (Å²) in [6.45, 7) is 0. The molecule has 1 aromatic carbocycles. The van der Waals surface area contributed by atoms with E-state index >= 15 is 0 Å². The van der Waals surface area contributed by atoms with Gasteiger partial charge in [-0.3, -0.25) is 4.79 Å². The third-order valence-electron chi connectivity index (χ3n) is 4.22. The highest BCUT2D eigenvalue weighted by Crippen LogP contribution is 2.38. The van der Waals surface area contributed by atoms with E-state index in [1.807, 2.05) is 6.07 Å². The standard InChI is InChI=1S/C16H22O3/c17-14-8-6-7-13(11-14)12-16(15(18)19)9-4-2-1-3-5-10-16/h6-8,11,17H,1-5,9-10,12H2,(H,18,19). The predicted molar refractivity (Wildman–Crippen MR) is 74.2 cm³/mol. The smallest absolute Gasteiger partial charge is 0.309 e. The van der Waals surface area contributed by atoms with Crippen LogP contribution in [0.4, 0.5) is 0 Å². The molecule has 0 atom stereocenters. The zero-order valence-corrected chi connectivity index (χ0v) is 11.3. The Hall–Kier alpha value is -1.51. The summed E-state index contributed by atoms with van der Waals surface area (Å²) in [5, 5.41) is 19.2. The minimum Gasteiger partial charge on any atom is -0.508 e. The number of hydrogen-bond donors (Lipinski definition) is 2. The molecule has 1 saturated carbocycles. The molecule has 0 heterocycles. The normalized spacial score (nSPS) is 19.4. The Kier molecular flexibility index (Phi) is 4.46. The van der Waals surface area contributed by atoms with Gasteiger partial charge in [-0.25, -0.2) is 0 Å². The van der Waals surface area contributed by atoms with Gasteiger partial charge >= 0.3 is 5.97 Å². The summed E-state index contributed by atoms with van der Waals surface area (Å²) in [6, 6.07) is 6.99. The molecule has 19 heavy (non-hydrogen) atoms. The Morgan fingerprint density at radius 2 is 1.74 bits per heavy atom. The summed E-state index contributed by atoms with van der Waals surface area (Å²) in [4.78, 5) is 11.8. The molecule has 0 aromatic heterocycles. The number of benzene rings is 1. The number of carboxylic acid groups (broad SMARTS) is 1. The second-order valence-electron chi connectivity index (χ2n) is 5.70. The van der Waals surface area contributed by atoms with Gasteiger partial charge in [0.2, 0.25) is 0 Å². The van der Waals surface area contributed by atoms with E-state index < -0.39 is 11.4 Å². The zero-order chi connectivity index (χ0) is 13.7. The molecule has 2 N–H and O–H groups in total. The number of aliphatic carboxylic acids is 1. The molecule has 1 fully saturated rings. The van der Waals surface area contributed by atoms with Crippen molar-refractivity contribution in [3.63, 3.8) is 0 Å². The highest BCUT2D eigenvalue weighted by Gasteiger charge is 2.38. The van der Waals surface area contributed by atoms with Gasteiger partial charge in [-0.05, 0) is 37.0 Å². The Labute approximate surface area is 114 Å². The molecular formula is C16H22O3. The fourth-order valence-corrected chi connectivity index (χ4v) is 3.11. The van der Waals surface area contributed by atoms with E-state index in [1.54, 1.807) is 18.2 Å². The molecule has 0 saturated heterocycles. The van der Waals surface area contributed by atoms with Gasteiger partial charge in [-0.1, -0.05) is 44.2 Å². The van der Waals surface area contributed by atoms with E-state index in [1.165, 1.54) is 6.42 Å². The minimum absolute atomic E-state index is 0.212. The number of phenolic OH excluding ortho intramolecular Hbond substituents is 1. The van der Waals surface area contributed by atoms with E-state index in [0.717, 1.165) is 44.1 Å². The highest BCUT2D eigenvalue weighted by molar-refractivity contribution is 5.75. The van der Waals surface area contributed by atoms with Gasteiger partial charge in [0.05, 0.1) is 5.41 Å². The lowest BCUT2D eigenvalue weighted by molar-refractivity contribution is -0.150. The Morgan fingerprint density at radius 3 is 2.32 bits per heavy atom. The van der Waals surface area contributed by atoms with Crippen molar-refractivity contribution in [1.82, 2.24) is 0 Å². The van der Waals surface area contributed by atoms with Gasteiger partial charge < -0.3 is 10.2 Å². The quantitative estimate of drug-likeness (QED) is 0.872. The predicted octanol–water partition coefficient (Wildman–Crippen LogP) is 3.75. The summed E-state index contributed by atoms with van der Waals surface area (Å²) in [7, 11) is 0. The number of carboxylic acids is 1. The number of aromatic hydroxyl groups is 1. The maximum Gasteiger partial charge on any atom is 0.309 e. The number of carbonyl (C=O) groups is 1. The van der Waals surface area contributed by atoms with Gasteiger partial charge in [-0.15, -0.1) is 0 Å². The highest BCUT2D eigenvalue weighted by atomic mass is 16.4. The first-order valence-corrected chi connectivity index (χ1v) is 7.14. The molecule has 1 aliphatic rings. The monoisotopic (exact) mass is 262 g/mol. The molecule has 1 aliphatic carbocycles. The third-order valence-corrected chi connectivity index (χ3v) is 4.22. The van der Waals surface area contributed by atoms with Crippen LogP contribution in [0, 0.1) is 5.41 Å². The van der Waals surface area contributed by atoms with E-state index in [-0.39, 0.29) is 5.75 Å². The van der Waals surface area contributed by atoms with E-state index in [4.69, 9.17) is 0 Å². The lowest BCUT2D eigenvalue weighted by atomic mass is 9.72. The first-order chi connectivity index (χ1) is 9.12. The molecule has 0 spiro atoms. The van der Waals surface area contributed by atoms with Crippen LogP contribution in [0.2, 0.25) is 0 Å². The van der Waals surface area contributed by atoms with Crippen LogP contribution in [0.3, 0.4) is 0 Å². The molecule has 0 unspecified atom stereocenters. The second-order valence-corrected chi connectivity index (χ2v) is 5.70. The number of hydrogen-bond acceptors (Lipinski definition) is 2. The summed E-state index contributed by atoms with van der Waals surface area (Å²) in [5.74, 6) is -0.471. The zero-order valence-electron chi connectivity index (χ0n) is 11.3. The molecule has 0 radical (unpaired) electrons. The number of rotatable bonds is 3. The van der Waals surface area contributed by atoms with Crippen LogP contribution in [0.25, 0.3) is 0 Å². The fraction of sp³-hybridized carbons (Fsp3) is 0.562. The fourth-order valence-electron chi connectivity index (χ4n) is 3.11. The topological polar surface area (TPSA) is 57.5 Å². The molecule has 0 bridgehead atoms. The molecular weight excluding hydrogens is 240 g/mol. The van der Waals surface area contributed by atoms with Gasteiger partial charge in [0.15, 0.2) is 0 Å². The average Bonchev–Trinajstić information content (AvgIpc) is 2.32. The van der Waals surface area contributed by atoms with Gasteiger partial charge in [0, 0.05) is 0 Å². The Morgan fingerprint density at radius 1 is 1.11 bits per heavy atom. The van der Waals surface area contributed by atoms with Crippen LogP contribution >= 0.6 is 0 Å². The maximum absolute atomic E-state index is 11.8. The largest absolute Gasteiger partial charge is 0.508 e. The van der Waals surface area contributed by atoms with Gasteiger partial charge in [0.1, 0.15) is 5.75 Å². The van der Waals surface area contributed by atoms with E-state index in [0.29, 0.717) is 6.42 Å². The van der Waals surface area contributed by atoms with E-state index in [9.17, 15) is 15.0 Å². The van der Waals surface area contributed by atoms with Gasteiger partial charge in [-0.2, -0.15) is 0 Å². The summed E-state index contributed by atoms with van der Waals surface area (Å²) < 4.78 is 0. The van der Waals surface area contributed by atoms with Crippen molar-refractivity contribution in [2.24, 2.45) is 5.41 Å². The molecule has 2 rings (SSSR count). The van der Waals surface area contributed by atoms with Crippen molar-refractivity contribution < 1.29 is 15.0 Å². The SMILES string of the molecule is O=C(O)C1(Cc2cccc(O)c2)CCCCCCC1. The van der Waals surface area contributed by atoms with Crippen molar-refractivity contribution >= 4 is 5.97 Å². The van der Waals surface area contributed by atoms with Crippen LogP contribution in [0.1, 0.15) is 50.5 Å². The van der Waals surface area contributed by atoms with Crippen molar-refractivity contribution in [2.45, 2.75) is 51.4 Å². The summed E-state index contributed by atoms with van der Waals surface area (Å²) in [5.41, 5.74) is 0.275. The number of phenols is 1.